The van der Waals surface area contributed by atoms with Crippen molar-refractivity contribution in [3.8, 4) is 5.75 Å². The molecule has 0 aliphatic rings. The maximum Gasteiger partial charge on any atom is 0.259 e. The van der Waals surface area contributed by atoms with Gasteiger partial charge < -0.3 is 15.4 Å². The SMILES string of the molecule is COc1ccccc1NC(=O)c1c(NC(=O)CN=C(SC)SC)sc(C)c1C. The van der Waals surface area contributed by atoms with Gasteiger partial charge in [-0.25, -0.2) is 0 Å². The second-order valence-electron chi connectivity index (χ2n) is 5.68. The van der Waals surface area contributed by atoms with E-state index in [9.17, 15) is 9.59 Å². The normalized spacial score (nSPS) is 10.3. The molecule has 0 unspecified atom stereocenters. The van der Waals surface area contributed by atoms with E-state index in [0.717, 1.165) is 14.8 Å². The lowest BCUT2D eigenvalue weighted by Gasteiger charge is -2.11. The predicted molar refractivity (Wildman–Crippen MR) is 123 cm³/mol. The average Bonchev–Trinajstić information content (AvgIpc) is 2.96. The number of benzene rings is 1. The van der Waals surface area contributed by atoms with Crippen LogP contribution in [-0.2, 0) is 4.79 Å². The van der Waals surface area contributed by atoms with Crippen LogP contribution in [0.5, 0.6) is 5.75 Å². The number of thioether (sulfide) groups is 2. The van der Waals surface area contributed by atoms with Gasteiger partial charge in [-0.05, 0) is 44.1 Å². The summed E-state index contributed by atoms with van der Waals surface area (Å²) in [6.45, 7) is 3.81. The van der Waals surface area contributed by atoms with Gasteiger partial charge in [0.1, 0.15) is 21.7 Å². The van der Waals surface area contributed by atoms with E-state index in [1.165, 1.54) is 34.9 Å². The molecule has 2 amide bonds. The highest BCUT2D eigenvalue weighted by atomic mass is 32.2. The third kappa shape index (κ3) is 5.52. The summed E-state index contributed by atoms with van der Waals surface area (Å²) in [6, 6.07) is 7.19. The number of para-hydroxylation sites is 2. The highest BCUT2D eigenvalue weighted by molar-refractivity contribution is 8.38. The second kappa shape index (κ2) is 10.5. The number of nitrogens with one attached hydrogen (secondary N) is 2. The first-order valence-corrected chi connectivity index (χ1v) is 11.6. The Morgan fingerprint density at radius 1 is 1.14 bits per heavy atom. The van der Waals surface area contributed by atoms with E-state index in [2.05, 4.69) is 15.6 Å². The molecule has 1 aromatic carbocycles. The number of hydrogen-bond donors (Lipinski definition) is 2. The summed E-state index contributed by atoms with van der Waals surface area (Å²) in [7, 11) is 1.55. The Morgan fingerprint density at radius 3 is 2.46 bits per heavy atom. The van der Waals surface area contributed by atoms with Crippen LogP contribution >= 0.6 is 34.9 Å². The molecule has 150 valence electrons. The number of amides is 2. The number of nitrogens with zero attached hydrogens (tertiary/aromatic N) is 1. The fourth-order valence-electron chi connectivity index (χ4n) is 2.44. The fourth-order valence-corrected chi connectivity index (χ4v) is 4.56. The Balaban J connectivity index is 2.22. The third-order valence-electron chi connectivity index (χ3n) is 3.92. The van der Waals surface area contributed by atoms with Gasteiger partial charge in [0.25, 0.3) is 5.91 Å². The van der Waals surface area contributed by atoms with Crippen molar-refractivity contribution in [3.05, 3.63) is 40.3 Å². The first-order valence-electron chi connectivity index (χ1n) is 8.37. The number of aliphatic imine (C=N–C) groups is 1. The van der Waals surface area contributed by atoms with Crippen LogP contribution in [0.3, 0.4) is 0 Å². The van der Waals surface area contributed by atoms with E-state index < -0.39 is 0 Å². The molecule has 0 fully saturated rings. The Hall–Kier alpha value is -1.97. The number of aryl methyl sites for hydroxylation is 1. The molecule has 0 radical (unpaired) electrons. The van der Waals surface area contributed by atoms with E-state index in [4.69, 9.17) is 4.74 Å². The molecule has 0 aliphatic carbocycles. The van der Waals surface area contributed by atoms with E-state index in [-0.39, 0.29) is 18.4 Å². The van der Waals surface area contributed by atoms with Crippen LogP contribution in [0.4, 0.5) is 10.7 Å². The average molecular weight is 438 g/mol. The number of methoxy groups -OCH3 is 1. The highest BCUT2D eigenvalue weighted by Gasteiger charge is 2.22. The Kier molecular flexibility index (Phi) is 8.40. The quantitative estimate of drug-likeness (QED) is 0.508. The summed E-state index contributed by atoms with van der Waals surface area (Å²) in [5.74, 6) is 0.0225. The molecule has 2 N–H and O–H groups in total. The molecule has 0 aliphatic heterocycles. The van der Waals surface area contributed by atoms with Crippen LogP contribution in [-0.4, -0.2) is 42.4 Å². The zero-order valence-corrected chi connectivity index (χ0v) is 18.9. The number of thiophene rings is 1. The molecule has 0 spiro atoms. The standard InChI is InChI=1S/C19H23N3O3S3/c1-11-12(2)28-18(22-15(23)10-20-19(26-4)27-5)16(11)17(24)21-13-8-6-7-9-14(13)25-3/h6-9H,10H2,1-5H3,(H,21,24)(H,22,23). The first-order chi connectivity index (χ1) is 13.4. The van der Waals surface area contributed by atoms with Gasteiger partial charge in [-0.15, -0.1) is 34.9 Å². The summed E-state index contributed by atoms with van der Waals surface area (Å²) < 4.78 is 6.12. The molecule has 0 atom stereocenters. The number of carbonyl (C=O) groups excluding carboxylic acids is 2. The molecule has 0 bridgehead atoms. The van der Waals surface area contributed by atoms with Gasteiger partial charge in [0, 0.05) is 4.88 Å². The van der Waals surface area contributed by atoms with Crippen molar-refractivity contribution in [2.45, 2.75) is 13.8 Å². The maximum atomic E-state index is 12.9. The van der Waals surface area contributed by atoms with Crippen molar-refractivity contribution in [2.75, 3.05) is 36.8 Å². The van der Waals surface area contributed by atoms with Crippen molar-refractivity contribution in [1.29, 1.82) is 0 Å². The summed E-state index contributed by atoms with van der Waals surface area (Å²) >= 11 is 4.38. The fraction of sp³-hybridized carbons (Fsp3) is 0.316. The maximum absolute atomic E-state index is 12.9. The molecule has 2 rings (SSSR count). The number of rotatable bonds is 6. The second-order valence-corrected chi connectivity index (χ2v) is 8.75. The minimum absolute atomic E-state index is 0.0145. The van der Waals surface area contributed by atoms with Gasteiger partial charge in [-0.1, -0.05) is 12.1 Å². The highest BCUT2D eigenvalue weighted by Crippen LogP contribution is 2.34. The molecular formula is C19H23N3O3S3. The minimum Gasteiger partial charge on any atom is -0.495 e. The Bertz CT molecular complexity index is 888. The molecule has 6 nitrogen and oxygen atoms in total. The van der Waals surface area contributed by atoms with E-state index in [1.807, 2.05) is 38.5 Å². The number of anilines is 2. The number of hydrogen-bond acceptors (Lipinski definition) is 7. The molecule has 0 saturated carbocycles. The molecule has 0 saturated heterocycles. The summed E-state index contributed by atoms with van der Waals surface area (Å²) in [5, 5.41) is 6.23. The first kappa shape index (κ1) is 22.3. The molecule has 1 aromatic heterocycles. The predicted octanol–water partition coefficient (Wildman–Crippen LogP) is 4.65. The van der Waals surface area contributed by atoms with Crippen LogP contribution in [0.1, 0.15) is 20.8 Å². The molecule has 28 heavy (non-hydrogen) atoms. The topological polar surface area (TPSA) is 79.8 Å². The smallest absolute Gasteiger partial charge is 0.259 e. The van der Waals surface area contributed by atoms with Crippen molar-refractivity contribution in [3.63, 3.8) is 0 Å². The lowest BCUT2D eigenvalue weighted by atomic mass is 10.1. The minimum atomic E-state index is -0.293. The molecular weight excluding hydrogens is 414 g/mol. The molecule has 9 heteroatoms. The van der Waals surface area contributed by atoms with Crippen molar-refractivity contribution >= 4 is 61.7 Å². The van der Waals surface area contributed by atoms with Gasteiger partial charge in [0.2, 0.25) is 5.91 Å². The Morgan fingerprint density at radius 2 is 1.82 bits per heavy atom. The number of carbonyl (C=O) groups is 2. The summed E-state index contributed by atoms with van der Waals surface area (Å²) in [5.41, 5.74) is 1.87. The van der Waals surface area contributed by atoms with Crippen LogP contribution in [0.15, 0.2) is 29.3 Å². The van der Waals surface area contributed by atoms with Gasteiger partial charge >= 0.3 is 0 Å². The van der Waals surface area contributed by atoms with Crippen LogP contribution in [0.2, 0.25) is 0 Å². The van der Waals surface area contributed by atoms with Crippen LogP contribution < -0.4 is 15.4 Å². The van der Waals surface area contributed by atoms with Crippen molar-refractivity contribution < 1.29 is 14.3 Å². The van der Waals surface area contributed by atoms with Crippen LogP contribution in [0, 0.1) is 13.8 Å². The van der Waals surface area contributed by atoms with E-state index in [1.54, 1.807) is 19.2 Å². The Labute approximate surface area is 177 Å². The van der Waals surface area contributed by atoms with E-state index >= 15 is 0 Å². The van der Waals surface area contributed by atoms with Gasteiger partial charge in [-0.2, -0.15) is 0 Å². The third-order valence-corrected chi connectivity index (χ3v) is 7.00. The van der Waals surface area contributed by atoms with Gasteiger partial charge in [0.05, 0.1) is 18.4 Å². The lowest BCUT2D eigenvalue weighted by molar-refractivity contribution is -0.114. The largest absolute Gasteiger partial charge is 0.495 e. The monoisotopic (exact) mass is 437 g/mol. The zero-order chi connectivity index (χ0) is 20.7. The van der Waals surface area contributed by atoms with Gasteiger partial charge in [-0.3, -0.25) is 14.6 Å². The summed E-state index contributed by atoms with van der Waals surface area (Å²) in [6.07, 6.45) is 3.83. The van der Waals surface area contributed by atoms with Gasteiger partial charge in [0.15, 0.2) is 0 Å². The molecule has 2 aromatic rings. The lowest BCUT2D eigenvalue weighted by Crippen LogP contribution is -2.19. The van der Waals surface area contributed by atoms with Crippen molar-refractivity contribution in [2.24, 2.45) is 4.99 Å². The zero-order valence-electron chi connectivity index (χ0n) is 16.4. The molecule has 1 heterocycles. The van der Waals surface area contributed by atoms with Crippen molar-refractivity contribution in [1.82, 2.24) is 0 Å². The van der Waals surface area contributed by atoms with Crippen LogP contribution in [0.25, 0.3) is 0 Å². The van der Waals surface area contributed by atoms with E-state index in [0.29, 0.717) is 22.0 Å². The number of ether oxygens (including phenoxy) is 1. The summed E-state index contributed by atoms with van der Waals surface area (Å²) in [4.78, 5) is 30.5.